The van der Waals surface area contributed by atoms with Gasteiger partial charge in [0.1, 0.15) is 0 Å². The molecule has 0 spiro atoms. The highest BCUT2D eigenvalue weighted by molar-refractivity contribution is 5.25. The first-order chi connectivity index (χ1) is 9.02. The van der Waals surface area contributed by atoms with Gasteiger partial charge in [-0.05, 0) is 51.0 Å². The van der Waals surface area contributed by atoms with Gasteiger partial charge in [-0.15, -0.1) is 0 Å². The summed E-state index contributed by atoms with van der Waals surface area (Å²) in [6.07, 6.45) is 3.53. The van der Waals surface area contributed by atoms with Gasteiger partial charge >= 0.3 is 0 Å². The van der Waals surface area contributed by atoms with E-state index in [-0.39, 0.29) is 5.60 Å². The molecule has 0 aliphatic carbocycles. The van der Waals surface area contributed by atoms with E-state index in [0.29, 0.717) is 5.92 Å². The highest BCUT2D eigenvalue weighted by Crippen LogP contribution is 2.39. The molecule has 1 aromatic rings. The number of benzene rings is 1. The largest absolute Gasteiger partial charge is 0.376 e. The van der Waals surface area contributed by atoms with Crippen LogP contribution in [0.25, 0.3) is 0 Å². The Morgan fingerprint density at radius 2 is 2.00 bits per heavy atom. The van der Waals surface area contributed by atoms with Gasteiger partial charge in [-0.3, -0.25) is 0 Å². The van der Waals surface area contributed by atoms with Crippen LogP contribution in [0.15, 0.2) is 24.3 Å². The molecule has 106 valence electrons. The molecule has 0 bridgehead atoms. The second kappa shape index (κ2) is 6.06. The van der Waals surface area contributed by atoms with E-state index in [1.54, 1.807) is 0 Å². The first kappa shape index (κ1) is 14.5. The molecule has 3 N–H and O–H groups in total. The lowest BCUT2D eigenvalue weighted by Crippen LogP contribution is -2.51. The molecule has 1 saturated heterocycles. The summed E-state index contributed by atoms with van der Waals surface area (Å²) in [6, 6.07) is 9.07. The Balaban J connectivity index is 2.17. The summed E-state index contributed by atoms with van der Waals surface area (Å²) in [5, 5.41) is 0. The van der Waals surface area contributed by atoms with Crippen molar-refractivity contribution in [3.63, 3.8) is 0 Å². The van der Waals surface area contributed by atoms with Gasteiger partial charge in [-0.1, -0.05) is 29.8 Å². The predicted octanol–water partition coefficient (Wildman–Crippen LogP) is 2.92. The summed E-state index contributed by atoms with van der Waals surface area (Å²) < 4.78 is 5.86. The average Bonchev–Trinajstić information content (AvgIpc) is 2.36. The fourth-order valence-electron chi connectivity index (χ4n) is 3.33. The Bertz CT molecular complexity index is 396. The molecule has 19 heavy (non-hydrogen) atoms. The Morgan fingerprint density at radius 3 is 2.58 bits per heavy atom. The van der Waals surface area contributed by atoms with E-state index in [0.717, 1.165) is 25.5 Å². The topological polar surface area (TPSA) is 36.9 Å². The van der Waals surface area contributed by atoms with Gasteiger partial charge in [0.25, 0.3) is 0 Å². The van der Waals surface area contributed by atoms with Crippen molar-refractivity contribution in [2.75, 3.05) is 13.2 Å². The summed E-state index contributed by atoms with van der Waals surface area (Å²) >= 11 is 0. The summed E-state index contributed by atoms with van der Waals surface area (Å²) in [4.78, 5) is 0. The number of quaternary nitrogens is 1. The molecular formula is C17H28NO+. The fourth-order valence-corrected chi connectivity index (χ4v) is 3.33. The third-order valence-corrected chi connectivity index (χ3v) is 4.32. The highest BCUT2D eigenvalue weighted by Gasteiger charge is 2.33. The Morgan fingerprint density at radius 1 is 1.32 bits per heavy atom. The van der Waals surface area contributed by atoms with Crippen LogP contribution in [0.3, 0.4) is 0 Å². The Kier molecular flexibility index (Phi) is 4.64. The third kappa shape index (κ3) is 3.80. The molecule has 0 unspecified atom stereocenters. The Hall–Kier alpha value is -0.860. The molecule has 1 heterocycles. The molecule has 2 heteroatoms. The van der Waals surface area contributed by atoms with Gasteiger partial charge in [-0.25, -0.2) is 0 Å². The first-order valence-electron chi connectivity index (χ1n) is 7.51. The standard InChI is InChI=1S/C17H27NO/c1-13-4-6-14(7-5-13)16(8-10-18)15-9-11-19-17(2,3)12-15/h4-7,15-16H,8-12,18H2,1-3H3/p+1/t15-,16-/m1/s1. The van der Waals surface area contributed by atoms with Crippen molar-refractivity contribution in [2.45, 2.75) is 51.6 Å². The summed E-state index contributed by atoms with van der Waals surface area (Å²) in [5.41, 5.74) is 6.92. The lowest BCUT2D eigenvalue weighted by atomic mass is 9.75. The number of hydrogen-bond acceptors (Lipinski definition) is 1. The van der Waals surface area contributed by atoms with Crippen LogP contribution in [0.5, 0.6) is 0 Å². The van der Waals surface area contributed by atoms with Crippen molar-refractivity contribution in [1.82, 2.24) is 0 Å². The molecule has 1 fully saturated rings. The zero-order chi connectivity index (χ0) is 13.9. The lowest BCUT2D eigenvalue weighted by Gasteiger charge is -2.39. The van der Waals surface area contributed by atoms with Gasteiger partial charge in [0.15, 0.2) is 0 Å². The number of rotatable bonds is 4. The number of ether oxygens (including phenoxy) is 1. The van der Waals surface area contributed by atoms with Crippen LogP contribution in [0.1, 0.15) is 50.2 Å². The smallest absolute Gasteiger partial charge is 0.0745 e. The van der Waals surface area contributed by atoms with Crippen molar-refractivity contribution in [3.8, 4) is 0 Å². The minimum absolute atomic E-state index is 0.0348. The molecule has 0 radical (unpaired) electrons. The van der Waals surface area contributed by atoms with Gasteiger partial charge in [-0.2, -0.15) is 0 Å². The number of hydrogen-bond donors (Lipinski definition) is 1. The molecule has 2 atom stereocenters. The fraction of sp³-hybridized carbons (Fsp3) is 0.647. The maximum atomic E-state index is 5.86. The first-order valence-corrected chi connectivity index (χ1v) is 7.51. The molecule has 0 aromatic heterocycles. The summed E-state index contributed by atoms with van der Waals surface area (Å²) in [7, 11) is 0. The van der Waals surface area contributed by atoms with Crippen LogP contribution < -0.4 is 5.73 Å². The van der Waals surface area contributed by atoms with Crippen LogP contribution in [-0.2, 0) is 4.74 Å². The van der Waals surface area contributed by atoms with E-state index < -0.39 is 0 Å². The van der Waals surface area contributed by atoms with Crippen LogP contribution in [0, 0.1) is 12.8 Å². The minimum Gasteiger partial charge on any atom is -0.376 e. The summed E-state index contributed by atoms with van der Waals surface area (Å²) in [5.74, 6) is 1.37. The van der Waals surface area contributed by atoms with E-state index in [4.69, 9.17) is 4.74 Å². The maximum Gasteiger partial charge on any atom is 0.0745 e. The van der Waals surface area contributed by atoms with Crippen molar-refractivity contribution in [3.05, 3.63) is 35.4 Å². The monoisotopic (exact) mass is 262 g/mol. The van der Waals surface area contributed by atoms with E-state index in [1.807, 2.05) is 0 Å². The van der Waals surface area contributed by atoms with Gasteiger partial charge in [0.05, 0.1) is 12.1 Å². The number of aryl methyl sites for hydroxylation is 1. The molecule has 1 aliphatic heterocycles. The van der Waals surface area contributed by atoms with Crippen LogP contribution in [0.4, 0.5) is 0 Å². The molecule has 0 saturated carbocycles. The van der Waals surface area contributed by atoms with Crippen molar-refractivity contribution >= 4 is 0 Å². The average molecular weight is 262 g/mol. The van der Waals surface area contributed by atoms with Crippen LogP contribution in [-0.4, -0.2) is 18.8 Å². The van der Waals surface area contributed by atoms with Crippen molar-refractivity contribution in [1.29, 1.82) is 0 Å². The quantitative estimate of drug-likeness (QED) is 0.890. The predicted molar refractivity (Wildman–Crippen MR) is 79.0 cm³/mol. The minimum atomic E-state index is 0.0348. The van der Waals surface area contributed by atoms with E-state index in [2.05, 4.69) is 50.8 Å². The third-order valence-electron chi connectivity index (χ3n) is 4.32. The SMILES string of the molecule is Cc1ccc([C@@H](CC[NH3+])[C@@H]2CCOC(C)(C)C2)cc1. The maximum absolute atomic E-state index is 5.86. The van der Waals surface area contributed by atoms with Gasteiger partial charge < -0.3 is 10.5 Å². The van der Waals surface area contributed by atoms with Gasteiger partial charge in [0, 0.05) is 13.0 Å². The van der Waals surface area contributed by atoms with Crippen molar-refractivity contribution in [2.24, 2.45) is 5.92 Å². The van der Waals surface area contributed by atoms with E-state index in [9.17, 15) is 0 Å². The van der Waals surface area contributed by atoms with Crippen molar-refractivity contribution < 1.29 is 10.5 Å². The molecule has 2 nitrogen and oxygen atoms in total. The second-order valence-corrected chi connectivity index (χ2v) is 6.52. The second-order valence-electron chi connectivity index (χ2n) is 6.52. The highest BCUT2D eigenvalue weighted by atomic mass is 16.5. The normalized spacial score (nSPS) is 24.1. The molecule has 0 amide bonds. The molecule has 1 aromatic carbocycles. The zero-order valence-corrected chi connectivity index (χ0v) is 12.6. The molecular weight excluding hydrogens is 234 g/mol. The van der Waals surface area contributed by atoms with E-state index in [1.165, 1.54) is 24.0 Å². The summed E-state index contributed by atoms with van der Waals surface area (Å²) in [6.45, 7) is 8.50. The van der Waals surface area contributed by atoms with E-state index >= 15 is 0 Å². The molecule has 1 aliphatic rings. The van der Waals surface area contributed by atoms with Crippen LogP contribution >= 0.6 is 0 Å². The van der Waals surface area contributed by atoms with Crippen LogP contribution in [0.2, 0.25) is 0 Å². The Labute approximate surface area is 117 Å². The molecule has 2 rings (SSSR count). The zero-order valence-electron chi connectivity index (χ0n) is 12.6. The lowest BCUT2D eigenvalue weighted by molar-refractivity contribution is -0.369. The van der Waals surface area contributed by atoms with Gasteiger partial charge in [0.2, 0.25) is 0 Å².